The van der Waals surface area contributed by atoms with Crippen molar-refractivity contribution < 1.29 is 14.6 Å². The second-order valence-electron chi connectivity index (χ2n) is 4.92. The molecule has 0 aliphatic carbocycles. The molecule has 1 aromatic carbocycles. The molecule has 1 atom stereocenters. The number of carbonyl (C=O) groups excluding carboxylic acids is 1. The van der Waals surface area contributed by atoms with Crippen molar-refractivity contribution in [3.05, 3.63) is 30.6 Å². The number of ether oxygens (including phenoxy) is 1. The second-order valence-corrected chi connectivity index (χ2v) is 4.92. The number of aliphatic hydroxyl groups excluding tert-OH is 1. The van der Waals surface area contributed by atoms with E-state index in [0.717, 1.165) is 11.0 Å². The van der Waals surface area contributed by atoms with Crippen LogP contribution in [0.15, 0.2) is 30.6 Å². The fourth-order valence-corrected chi connectivity index (χ4v) is 2.15. The summed E-state index contributed by atoms with van der Waals surface area (Å²) < 4.78 is 6.79. The zero-order valence-electron chi connectivity index (χ0n) is 12.2. The van der Waals surface area contributed by atoms with Gasteiger partial charge < -0.3 is 19.7 Å². The number of benzene rings is 1. The molecule has 0 aliphatic rings. The van der Waals surface area contributed by atoms with Crippen LogP contribution in [-0.2, 0) is 16.1 Å². The molecule has 0 bridgehead atoms. The SMILES string of the molecule is COCC(O)CCNC(=O)CCn1cnc2ccccc21. The first kappa shape index (κ1) is 15.5. The van der Waals surface area contributed by atoms with Gasteiger partial charge in [0.2, 0.25) is 5.91 Å². The number of aryl methyl sites for hydroxylation is 1. The molecule has 0 fully saturated rings. The molecule has 1 amide bonds. The van der Waals surface area contributed by atoms with Crippen LogP contribution in [0.3, 0.4) is 0 Å². The fourth-order valence-electron chi connectivity index (χ4n) is 2.15. The van der Waals surface area contributed by atoms with Crippen LogP contribution in [0.4, 0.5) is 0 Å². The molecule has 114 valence electrons. The van der Waals surface area contributed by atoms with E-state index < -0.39 is 6.10 Å². The minimum absolute atomic E-state index is 0.0302. The molecule has 0 aliphatic heterocycles. The van der Waals surface area contributed by atoms with Gasteiger partial charge in [0, 0.05) is 26.6 Å². The Hall–Kier alpha value is -1.92. The third-order valence-electron chi connectivity index (χ3n) is 3.27. The van der Waals surface area contributed by atoms with Gasteiger partial charge in [0.05, 0.1) is 30.1 Å². The van der Waals surface area contributed by atoms with Gasteiger partial charge in [-0.1, -0.05) is 12.1 Å². The molecular formula is C15H21N3O3. The number of hydrogen-bond donors (Lipinski definition) is 2. The Morgan fingerprint density at radius 2 is 2.29 bits per heavy atom. The van der Waals surface area contributed by atoms with Crippen LogP contribution < -0.4 is 5.32 Å². The number of para-hydroxylation sites is 2. The zero-order valence-corrected chi connectivity index (χ0v) is 12.2. The largest absolute Gasteiger partial charge is 0.391 e. The number of carbonyl (C=O) groups is 1. The Balaban J connectivity index is 1.74. The van der Waals surface area contributed by atoms with E-state index in [1.165, 1.54) is 7.11 Å². The third kappa shape index (κ3) is 4.54. The highest BCUT2D eigenvalue weighted by Crippen LogP contribution is 2.11. The van der Waals surface area contributed by atoms with Gasteiger partial charge in [0.1, 0.15) is 0 Å². The van der Waals surface area contributed by atoms with Crippen molar-refractivity contribution in [3.8, 4) is 0 Å². The normalized spacial score (nSPS) is 12.5. The van der Waals surface area contributed by atoms with E-state index in [1.54, 1.807) is 6.33 Å². The molecule has 1 aromatic heterocycles. The molecule has 21 heavy (non-hydrogen) atoms. The van der Waals surface area contributed by atoms with E-state index in [9.17, 15) is 9.90 Å². The predicted octanol–water partition coefficient (Wildman–Crippen LogP) is 0.940. The van der Waals surface area contributed by atoms with Gasteiger partial charge in [0.15, 0.2) is 0 Å². The summed E-state index contributed by atoms with van der Waals surface area (Å²) in [6.07, 6.45) is 2.10. The van der Waals surface area contributed by atoms with Gasteiger partial charge in [-0.05, 0) is 18.6 Å². The van der Waals surface area contributed by atoms with Gasteiger partial charge in [0.25, 0.3) is 0 Å². The lowest BCUT2D eigenvalue weighted by Gasteiger charge is -2.10. The predicted molar refractivity (Wildman–Crippen MR) is 79.9 cm³/mol. The average molecular weight is 291 g/mol. The van der Waals surface area contributed by atoms with E-state index in [2.05, 4.69) is 10.3 Å². The van der Waals surface area contributed by atoms with E-state index in [1.807, 2.05) is 28.8 Å². The summed E-state index contributed by atoms with van der Waals surface area (Å²) >= 11 is 0. The first-order valence-electron chi connectivity index (χ1n) is 7.04. The summed E-state index contributed by atoms with van der Waals surface area (Å²) in [6, 6.07) is 7.83. The number of aromatic nitrogens is 2. The lowest BCUT2D eigenvalue weighted by atomic mass is 10.2. The topological polar surface area (TPSA) is 76.4 Å². The monoisotopic (exact) mass is 291 g/mol. The molecule has 0 spiro atoms. The molecule has 1 heterocycles. The number of aliphatic hydroxyl groups is 1. The number of fused-ring (bicyclic) bond motifs is 1. The van der Waals surface area contributed by atoms with Crippen molar-refractivity contribution >= 4 is 16.9 Å². The summed E-state index contributed by atoms with van der Waals surface area (Å²) in [7, 11) is 1.54. The summed E-state index contributed by atoms with van der Waals surface area (Å²) in [4.78, 5) is 16.0. The number of methoxy groups -OCH3 is 1. The Kier molecular flexibility index (Phi) is 5.71. The van der Waals surface area contributed by atoms with Crippen molar-refractivity contribution in [2.75, 3.05) is 20.3 Å². The van der Waals surface area contributed by atoms with Gasteiger partial charge in [-0.25, -0.2) is 4.98 Å². The van der Waals surface area contributed by atoms with Crippen molar-refractivity contribution in [2.45, 2.75) is 25.5 Å². The number of amides is 1. The van der Waals surface area contributed by atoms with Gasteiger partial charge in [-0.3, -0.25) is 4.79 Å². The van der Waals surface area contributed by atoms with Crippen molar-refractivity contribution in [2.24, 2.45) is 0 Å². The van der Waals surface area contributed by atoms with Crippen molar-refractivity contribution in [1.82, 2.24) is 14.9 Å². The van der Waals surface area contributed by atoms with E-state index >= 15 is 0 Å². The molecule has 0 saturated carbocycles. The quantitative estimate of drug-likeness (QED) is 0.759. The summed E-state index contributed by atoms with van der Waals surface area (Å²) in [5, 5.41) is 12.3. The average Bonchev–Trinajstić information content (AvgIpc) is 2.89. The van der Waals surface area contributed by atoms with E-state index in [0.29, 0.717) is 25.9 Å². The van der Waals surface area contributed by atoms with Crippen LogP contribution in [0.25, 0.3) is 11.0 Å². The summed E-state index contributed by atoms with van der Waals surface area (Å²) in [5.74, 6) is -0.0302. The van der Waals surface area contributed by atoms with E-state index in [4.69, 9.17) is 4.74 Å². The Labute approximate surface area is 123 Å². The summed E-state index contributed by atoms with van der Waals surface area (Å²) in [5.41, 5.74) is 1.96. The fraction of sp³-hybridized carbons (Fsp3) is 0.467. The first-order valence-corrected chi connectivity index (χ1v) is 7.04. The van der Waals surface area contributed by atoms with Gasteiger partial charge >= 0.3 is 0 Å². The molecule has 6 heteroatoms. The number of nitrogens with zero attached hydrogens (tertiary/aromatic N) is 2. The van der Waals surface area contributed by atoms with E-state index in [-0.39, 0.29) is 12.5 Å². The van der Waals surface area contributed by atoms with Crippen LogP contribution >= 0.6 is 0 Å². The number of hydrogen-bond acceptors (Lipinski definition) is 4. The maximum Gasteiger partial charge on any atom is 0.221 e. The number of nitrogens with one attached hydrogen (secondary N) is 1. The highest BCUT2D eigenvalue weighted by Gasteiger charge is 2.07. The highest BCUT2D eigenvalue weighted by atomic mass is 16.5. The lowest BCUT2D eigenvalue weighted by molar-refractivity contribution is -0.121. The van der Waals surface area contributed by atoms with Gasteiger partial charge in [-0.15, -0.1) is 0 Å². The number of imidazole rings is 1. The summed E-state index contributed by atoms with van der Waals surface area (Å²) in [6.45, 7) is 1.33. The maximum absolute atomic E-state index is 11.8. The highest BCUT2D eigenvalue weighted by molar-refractivity contribution is 5.77. The molecular weight excluding hydrogens is 270 g/mol. The Bertz CT molecular complexity index is 582. The number of rotatable bonds is 8. The standard InChI is InChI=1S/C15H21N3O3/c1-21-10-12(19)6-8-16-15(20)7-9-18-11-17-13-4-2-3-5-14(13)18/h2-5,11-12,19H,6-10H2,1H3,(H,16,20). The van der Waals surface area contributed by atoms with Crippen molar-refractivity contribution in [3.63, 3.8) is 0 Å². The van der Waals surface area contributed by atoms with Crippen molar-refractivity contribution in [1.29, 1.82) is 0 Å². The molecule has 2 aromatic rings. The Morgan fingerprint density at radius 1 is 1.48 bits per heavy atom. The van der Waals surface area contributed by atoms with Crippen LogP contribution in [0.5, 0.6) is 0 Å². The van der Waals surface area contributed by atoms with Crippen LogP contribution in [0.2, 0.25) is 0 Å². The molecule has 0 saturated heterocycles. The minimum Gasteiger partial charge on any atom is -0.391 e. The van der Waals surface area contributed by atoms with Crippen LogP contribution in [0.1, 0.15) is 12.8 Å². The molecule has 1 unspecified atom stereocenters. The van der Waals surface area contributed by atoms with Gasteiger partial charge in [-0.2, -0.15) is 0 Å². The molecule has 0 radical (unpaired) electrons. The lowest BCUT2D eigenvalue weighted by Crippen LogP contribution is -2.29. The molecule has 2 N–H and O–H groups in total. The smallest absolute Gasteiger partial charge is 0.221 e. The minimum atomic E-state index is -0.534. The molecule has 6 nitrogen and oxygen atoms in total. The first-order chi connectivity index (χ1) is 10.2. The third-order valence-corrected chi connectivity index (χ3v) is 3.27. The van der Waals surface area contributed by atoms with Crippen LogP contribution in [-0.4, -0.2) is 46.9 Å². The zero-order chi connectivity index (χ0) is 15.1. The maximum atomic E-state index is 11.8. The molecule has 2 rings (SSSR count). The van der Waals surface area contributed by atoms with Crippen LogP contribution in [0, 0.1) is 0 Å². The Morgan fingerprint density at radius 3 is 3.10 bits per heavy atom. The second kappa shape index (κ2) is 7.75.